The lowest BCUT2D eigenvalue weighted by Crippen LogP contribution is -1.71. The second-order valence-corrected chi connectivity index (χ2v) is 5.30. The van der Waals surface area contributed by atoms with Gasteiger partial charge in [0.1, 0.15) is 0 Å². The summed E-state index contributed by atoms with van der Waals surface area (Å²) in [5.74, 6) is 0. The normalized spacial score (nSPS) is 9.90. The van der Waals surface area contributed by atoms with E-state index in [4.69, 9.17) is 0 Å². The van der Waals surface area contributed by atoms with Crippen molar-refractivity contribution in [1.82, 2.24) is 0 Å². The molecule has 0 N–H and O–H groups in total. The molecule has 2 rings (SSSR count). The Morgan fingerprint density at radius 3 is 1.48 bits per heavy atom. The van der Waals surface area contributed by atoms with Gasteiger partial charge in [0.15, 0.2) is 0 Å². The third-order valence-corrected chi connectivity index (χ3v) is 3.16. The predicted octanol–water partition coefficient (Wildman–Crippen LogP) is 6.66. The van der Waals surface area contributed by atoms with Crippen molar-refractivity contribution in [1.29, 1.82) is 0 Å². The van der Waals surface area contributed by atoms with E-state index in [1.54, 1.807) is 0 Å². The average molecular weight is 282 g/mol. The predicted molar refractivity (Wildman–Crippen MR) is 96.8 cm³/mol. The summed E-state index contributed by atoms with van der Waals surface area (Å²) >= 11 is 0. The number of allylic oxidation sites excluding steroid dienone is 2. The monoisotopic (exact) mass is 282 g/mol. The van der Waals surface area contributed by atoms with Crippen LogP contribution < -0.4 is 0 Å². The van der Waals surface area contributed by atoms with Crippen LogP contribution in [0.1, 0.15) is 43.9 Å². The lowest BCUT2D eigenvalue weighted by Gasteiger charge is -1.90. The fraction of sp³-hybridized carbons (Fsp3) is 0.333. The third-order valence-electron chi connectivity index (χ3n) is 3.16. The van der Waals surface area contributed by atoms with Crippen LogP contribution in [0.5, 0.6) is 0 Å². The van der Waals surface area contributed by atoms with Gasteiger partial charge in [-0.25, -0.2) is 0 Å². The minimum Gasteiger partial charge on any atom is -0.0887 e. The Hall–Kier alpha value is -1.82. The molecular formula is C21H30. The standard InChI is InChI=1S/C8H10.C7H8.C6H12/c1-7-4-3-5-8(2)6-7;1-7-5-3-2-4-6-7;1-4-6(3)5-2/h3-6H,1-2H3;2-6H,1H3;4H,5H2,1-3H3/b;;6-4-. The second-order valence-electron chi connectivity index (χ2n) is 5.30. The molecule has 0 saturated carbocycles. The van der Waals surface area contributed by atoms with Gasteiger partial charge in [0, 0.05) is 0 Å². The van der Waals surface area contributed by atoms with E-state index >= 15 is 0 Å². The van der Waals surface area contributed by atoms with Crippen molar-refractivity contribution < 1.29 is 0 Å². The molecule has 0 heterocycles. The first-order valence-electron chi connectivity index (χ1n) is 7.66. The zero-order valence-electron chi connectivity index (χ0n) is 14.5. The Morgan fingerprint density at radius 1 is 0.810 bits per heavy atom. The summed E-state index contributed by atoms with van der Waals surface area (Å²) in [7, 11) is 0. The minimum atomic E-state index is 1.19. The molecule has 0 aliphatic heterocycles. The molecular weight excluding hydrogens is 252 g/mol. The molecule has 0 nitrogen and oxygen atoms in total. The van der Waals surface area contributed by atoms with Gasteiger partial charge in [0.05, 0.1) is 0 Å². The van der Waals surface area contributed by atoms with Gasteiger partial charge in [-0.3, -0.25) is 0 Å². The summed E-state index contributed by atoms with van der Waals surface area (Å²) < 4.78 is 0. The Labute approximate surface area is 131 Å². The molecule has 0 heteroatoms. The van der Waals surface area contributed by atoms with Crippen LogP contribution in [-0.4, -0.2) is 0 Å². The molecule has 0 spiro atoms. The zero-order chi connectivity index (χ0) is 16.1. The van der Waals surface area contributed by atoms with Crippen LogP contribution in [0.2, 0.25) is 0 Å². The maximum absolute atomic E-state index is 2.17. The summed E-state index contributed by atoms with van der Waals surface area (Å²) in [6, 6.07) is 18.7. The highest BCUT2D eigenvalue weighted by atomic mass is 13.9. The SMILES string of the molecule is C/C=C(/C)CC.Cc1cccc(C)c1.Cc1ccccc1. The summed E-state index contributed by atoms with van der Waals surface area (Å²) in [6.07, 6.45) is 3.33. The van der Waals surface area contributed by atoms with E-state index in [9.17, 15) is 0 Å². The number of rotatable bonds is 1. The molecule has 114 valence electrons. The fourth-order valence-corrected chi connectivity index (χ4v) is 1.55. The molecule has 0 atom stereocenters. The van der Waals surface area contributed by atoms with E-state index in [0.717, 1.165) is 0 Å². The second kappa shape index (κ2) is 12.0. The van der Waals surface area contributed by atoms with Gasteiger partial charge in [-0.15, -0.1) is 0 Å². The molecule has 2 aromatic rings. The maximum Gasteiger partial charge on any atom is -0.0352 e. The number of aryl methyl sites for hydroxylation is 3. The van der Waals surface area contributed by atoms with E-state index < -0.39 is 0 Å². The zero-order valence-corrected chi connectivity index (χ0v) is 14.5. The third kappa shape index (κ3) is 11.7. The van der Waals surface area contributed by atoms with E-state index in [1.807, 2.05) is 18.2 Å². The Bertz CT molecular complexity index is 489. The van der Waals surface area contributed by atoms with Crippen LogP contribution in [0.25, 0.3) is 0 Å². The Kier molecular flexibility index (Phi) is 10.9. The smallest absolute Gasteiger partial charge is 0.0352 e. The van der Waals surface area contributed by atoms with Gasteiger partial charge in [-0.2, -0.15) is 0 Å². The van der Waals surface area contributed by atoms with E-state index in [-0.39, 0.29) is 0 Å². The minimum absolute atomic E-state index is 1.19. The van der Waals surface area contributed by atoms with Gasteiger partial charge in [-0.05, 0) is 41.0 Å². The lowest BCUT2D eigenvalue weighted by molar-refractivity contribution is 1.09. The molecule has 0 saturated heterocycles. The molecule has 2 aromatic carbocycles. The first-order chi connectivity index (χ1) is 9.99. The summed E-state index contributed by atoms with van der Waals surface area (Å²) in [5.41, 5.74) is 5.47. The quantitative estimate of drug-likeness (QED) is 0.513. The number of benzene rings is 2. The van der Waals surface area contributed by atoms with Crippen LogP contribution in [0.15, 0.2) is 66.2 Å². The van der Waals surface area contributed by atoms with Crippen LogP contribution >= 0.6 is 0 Å². The lowest BCUT2D eigenvalue weighted by atomic mass is 10.2. The Morgan fingerprint density at radius 2 is 1.29 bits per heavy atom. The van der Waals surface area contributed by atoms with E-state index in [1.165, 1.54) is 28.7 Å². The molecule has 0 amide bonds. The molecule has 0 fully saturated rings. The van der Waals surface area contributed by atoms with Crippen molar-refractivity contribution in [3.8, 4) is 0 Å². The largest absolute Gasteiger partial charge is 0.0887 e. The fourth-order valence-electron chi connectivity index (χ4n) is 1.55. The van der Waals surface area contributed by atoms with Crippen molar-refractivity contribution in [2.75, 3.05) is 0 Å². The molecule has 0 aromatic heterocycles. The van der Waals surface area contributed by atoms with Crippen molar-refractivity contribution in [2.24, 2.45) is 0 Å². The number of hydrogen-bond acceptors (Lipinski definition) is 0. The maximum atomic E-state index is 2.17. The van der Waals surface area contributed by atoms with Crippen LogP contribution in [-0.2, 0) is 0 Å². The van der Waals surface area contributed by atoms with Crippen LogP contribution in [0.4, 0.5) is 0 Å². The molecule has 0 unspecified atom stereocenters. The highest BCUT2D eigenvalue weighted by molar-refractivity contribution is 5.20. The molecule has 0 aliphatic carbocycles. The molecule has 21 heavy (non-hydrogen) atoms. The molecule has 0 bridgehead atoms. The van der Waals surface area contributed by atoms with Crippen molar-refractivity contribution in [3.63, 3.8) is 0 Å². The van der Waals surface area contributed by atoms with Crippen LogP contribution in [0.3, 0.4) is 0 Å². The van der Waals surface area contributed by atoms with E-state index in [2.05, 4.69) is 84.0 Å². The number of hydrogen-bond donors (Lipinski definition) is 0. The van der Waals surface area contributed by atoms with E-state index in [0.29, 0.717) is 0 Å². The van der Waals surface area contributed by atoms with Gasteiger partial charge >= 0.3 is 0 Å². The Balaban J connectivity index is 0.000000290. The van der Waals surface area contributed by atoms with Crippen LogP contribution in [0, 0.1) is 20.8 Å². The summed E-state index contributed by atoms with van der Waals surface area (Å²) in [5, 5.41) is 0. The van der Waals surface area contributed by atoms with Gasteiger partial charge in [0.2, 0.25) is 0 Å². The van der Waals surface area contributed by atoms with Crippen molar-refractivity contribution in [2.45, 2.75) is 48.0 Å². The van der Waals surface area contributed by atoms with Crippen molar-refractivity contribution in [3.05, 3.63) is 82.9 Å². The molecule has 0 aliphatic rings. The summed E-state index contributed by atoms with van der Waals surface area (Å²) in [6.45, 7) is 12.7. The van der Waals surface area contributed by atoms with Crippen molar-refractivity contribution >= 4 is 0 Å². The van der Waals surface area contributed by atoms with Gasteiger partial charge in [0.25, 0.3) is 0 Å². The highest BCUT2D eigenvalue weighted by Crippen LogP contribution is 2.00. The topological polar surface area (TPSA) is 0 Å². The first kappa shape index (κ1) is 19.2. The molecule has 0 radical (unpaired) electrons. The van der Waals surface area contributed by atoms with Gasteiger partial charge < -0.3 is 0 Å². The van der Waals surface area contributed by atoms with Gasteiger partial charge in [-0.1, -0.05) is 89.9 Å². The summed E-state index contributed by atoms with van der Waals surface area (Å²) in [4.78, 5) is 0. The highest BCUT2D eigenvalue weighted by Gasteiger charge is 1.80. The average Bonchev–Trinajstić information content (AvgIpc) is 2.48. The first-order valence-corrected chi connectivity index (χ1v) is 7.66.